The van der Waals surface area contributed by atoms with Crippen LogP contribution in [0.5, 0.6) is 5.75 Å². The predicted molar refractivity (Wildman–Crippen MR) is 126 cm³/mol. The number of carbonyl (C=O) groups excluding carboxylic acids is 1. The molecule has 0 spiro atoms. The summed E-state index contributed by atoms with van der Waals surface area (Å²) in [6.45, 7) is 1.97. The first kappa shape index (κ1) is 23.3. The SMILES string of the molecule is COc1ccccc1CCCNC(=O)CN(c1ccccc1C)S(=O)(=O)c1ccccc1. The topological polar surface area (TPSA) is 75.7 Å². The van der Waals surface area contributed by atoms with E-state index in [0.29, 0.717) is 18.7 Å². The quantitative estimate of drug-likeness (QED) is 0.473. The van der Waals surface area contributed by atoms with Gasteiger partial charge in [-0.25, -0.2) is 8.42 Å². The monoisotopic (exact) mass is 452 g/mol. The van der Waals surface area contributed by atoms with E-state index in [2.05, 4.69) is 5.32 Å². The van der Waals surface area contributed by atoms with Crippen LogP contribution in [0.15, 0.2) is 83.8 Å². The Morgan fingerprint density at radius 1 is 0.938 bits per heavy atom. The zero-order chi connectivity index (χ0) is 23.0. The van der Waals surface area contributed by atoms with Crippen molar-refractivity contribution in [1.29, 1.82) is 0 Å². The molecule has 3 rings (SSSR count). The second kappa shape index (κ2) is 10.8. The van der Waals surface area contributed by atoms with Crippen LogP contribution in [-0.4, -0.2) is 34.5 Å². The fourth-order valence-corrected chi connectivity index (χ4v) is 4.97. The highest BCUT2D eigenvalue weighted by molar-refractivity contribution is 7.92. The number of nitrogens with one attached hydrogen (secondary N) is 1. The number of aryl methyl sites for hydroxylation is 2. The number of hydrogen-bond acceptors (Lipinski definition) is 4. The van der Waals surface area contributed by atoms with E-state index in [1.165, 1.54) is 16.4 Å². The van der Waals surface area contributed by atoms with Gasteiger partial charge in [0.15, 0.2) is 0 Å². The first-order chi connectivity index (χ1) is 15.4. The van der Waals surface area contributed by atoms with Crippen LogP contribution in [0.1, 0.15) is 17.5 Å². The number of carbonyl (C=O) groups is 1. The minimum absolute atomic E-state index is 0.146. The number of hydrogen-bond donors (Lipinski definition) is 1. The van der Waals surface area contributed by atoms with Gasteiger partial charge in [-0.3, -0.25) is 9.10 Å². The number of ether oxygens (including phenoxy) is 1. The summed E-state index contributed by atoms with van der Waals surface area (Å²) in [6.07, 6.45) is 1.45. The van der Waals surface area contributed by atoms with Gasteiger partial charge < -0.3 is 10.1 Å². The third-order valence-corrected chi connectivity index (χ3v) is 6.91. The Morgan fingerprint density at radius 3 is 2.31 bits per heavy atom. The van der Waals surface area contributed by atoms with Gasteiger partial charge in [-0.2, -0.15) is 0 Å². The minimum atomic E-state index is -3.90. The van der Waals surface area contributed by atoms with Crippen molar-refractivity contribution in [1.82, 2.24) is 5.32 Å². The smallest absolute Gasteiger partial charge is 0.264 e. The lowest BCUT2D eigenvalue weighted by Crippen LogP contribution is -2.41. The number of benzene rings is 3. The second-order valence-electron chi connectivity index (χ2n) is 7.38. The number of para-hydroxylation sites is 2. The highest BCUT2D eigenvalue weighted by Crippen LogP contribution is 2.26. The van der Waals surface area contributed by atoms with Crippen LogP contribution in [0, 0.1) is 6.92 Å². The van der Waals surface area contributed by atoms with E-state index in [9.17, 15) is 13.2 Å². The average Bonchev–Trinajstić information content (AvgIpc) is 2.81. The fourth-order valence-electron chi connectivity index (χ4n) is 3.47. The standard InChI is InChI=1S/C25H28N2O4S/c1-20-11-6-8-16-23(20)27(32(29,30)22-14-4-3-5-15-22)19-25(28)26-18-10-13-21-12-7-9-17-24(21)31-2/h3-9,11-12,14-17H,10,13,18-19H2,1-2H3,(H,26,28). The van der Waals surface area contributed by atoms with Gasteiger partial charge in [0.2, 0.25) is 5.91 Å². The number of sulfonamides is 1. The summed E-state index contributed by atoms with van der Waals surface area (Å²) in [5.41, 5.74) is 2.33. The van der Waals surface area contributed by atoms with Crippen molar-refractivity contribution >= 4 is 21.6 Å². The maximum atomic E-state index is 13.3. The lowest BCUT2D eigenvalue weighted by Gasteiger charge is -2.25. The maximum Gasteiger partial charge on any atom is 0.264 e. The van der Waals surface area contributed by atoms with Crippen molar-refractivity contribution in [2.24, 2.45) is 0 Å². The Balaban J connectivity index is 1.70. The molecule has 0 fully saturated rings. The average molecular weight is 453 g/mol. The van der Waals surface area contributed by atoms with Crippen LogP contribution in [0.25, 0.3) is 0 Å². The highest BCUT2D eigenvalue weighted by atomic mass is 32.2. The van der Waals surface area contributed by atoms with E-state index < -0.39 is 10.0 Å². The third kappa shape index (κ3) is 5.68. The van der Waals surface area contributed by atoms with Gasteiger partial charge >= 0.3 is 0 Å². The lowest BCUT2D eigenvalue weighted by atomic mass is 10.1. The summed E-state index contributed by atoms with van der Waals surface area (Å²) >= 11 is 0. The molecule has 3 aromatic carbocycles. The van der Waals surface area contributed by atoms with Gasteiger partial charge in [0.05, 0.1) is 17.7 Å². The summed E-state index contributed by atoms with van der Waals surface area (Å²) < 4.78 is 33.2. The Labute approximate surface area is 189 Å². The molecule has 0 atom stereocenters. The van der Waals surface area contributed by atoms with E-state index >= 15 is 0 Å². The van der Waals surface area contributed by atoms with Crippen LogP contribution in [-0.2, 0) is 21.2 Å². The van der Waals surface area contributed by atoms with Gasteiger partial charge in [-0.05, 0) is 55.2 Å². The van der Waals surface area contributed by atoms with Crippen LogP contribution < -0.4 is 14.4 Å². The van der Waals surface area contributed by atoms with Crippen LogP contribution in [0.3, 0.4) is 0 Å². The van der Waals surface area contributed by atoms with E-state index in [4.69, 9.17) is 4.74 Å². The van der Waals surface area contributed by atoms with Gasteiger partial charge in [-0.15, -0.1) is 0 Å². The zero-order valence-electron chi connectivity index (χ0n) is 18.3. The molecule has 0 aliphatic rings. The number of anilines is 1. The molecule has 0 aromatic heterocycles. The number of rotatable bonds is 10. The van der Waals surface area contributed by atoms with Crippen LogP contribution >= 0.6 is 0 Å². The molecule has 32 heavy (non-hydrogen) atoms. The summed E-state index contributed by atoms with van der Waals surface area (Å²) in [4.78, 5) is 12.9. The molecular formula is C25H28N2O4S. The predicted octanol–water partition coefficient (Wildman–Crippen LogP) is 3.95. The van der Waals surface area contributed by atoms with Gasteiger partial charge in [-0.1, -0.05) is 54.6 Å². The summed E-state index contributed by atoms with van der Waals surface area (Å²) in [5, 5.41) is 2.85. The fraction of sp³-hybridized carbons (Fsp3) is 0.240. The van der Waals surface area contributed by atoms with Gasteiger partial charge in [0, 0.05) is 6.54 Å². The molecule has 168 valence electrons. The number of methoxy groups -OCH3 is 1. The molecule has 0 heterocycles. The summed E-state index contributed by atoms with van der Waals surface area (Å²) in [7, 11) is -2.27. The van der Waals surface area contributed by atoms with Crippen molar-refractivity contribution in [3.63, 3.8) is 0 Å². The highest BCUT2D eigenvalue weighted by Gasteiger charge is 2.27. The molecule has 0 unspecified atom stereocenters. The summed E-state index contributed by atoms with van der Waals surface area (Å²) in [5.74, 6) is 0.464. The van der Waals surface area contributed by atoms with Gasteiger partial charge in [0.25, 0.3) is 10.0 Å². The van der Waals surface area contributed by atoms with Gasteiger partial charge in [0.1, 0.15) is 12.3 Å². The molecule has 3 aromatic rings. The van der Waals surface area contributed by atoms with E-state index in [1.54, 1.807) is 37.4 Å². The largest absolute Gasteiger partial charge is 0.496 e. The molecule has 0 radical (unpaired) electrons. The third-order valence-electron chi connectivity index (χ3n) is 5.14. The maximum absolute atomic E-state index is 13.3. The Bertz CT molecular complexity index is 1150. The Morgan fingerprint density at radius 2 is 1.59 bits per heavy atom. The number of nitrogens with zero attached hydrogens (tertiary/aromatic N) is 1. The summed E-state index contributed by atoms with van der Waals surface area (Å²) in [6, 6.07) is 23.1. The molecule has 7 heteroatoms. The zero-order valence-corrected chi connectivity index (χ0v) is 19.1. The molecule has 0 saturated heterocycles. The van der Waals surface area contributed by atoms with Crippen molar-refractivity contribution in [3.05, 3.63) is 90.0 Å². The molecular weight excluding hydrogens is 424 g/mol. The van der Waals surface area contributed by atoms with Crippen molar-refractivity contribution < 1.29 is 17.9 Å². The van der Waals surface area contributed by atoms with Crippen molar-refractivity contribution in [2.45, 2.75) is 24.7 Å². The molecule has 0 saturated carbocycles. The normalized spacial score (nSPS) is 11.1. The second-order valence-corrected chi connectivity index (χ2v) is 9.24. The molecule has 1 N–H and O–H groups in total. The van der Waals surface area contributed by atoms with Crippen molar-refractivity contribution in [2.75, 3.05) is 24.5 Å². The minimum Gasteiger partial charge on any atom is -0.496 e. The van der Waals surface area contributed by atoms with Crippen molar-refractivity contribution in [3.8, 4) is 5.75 Å². The first-order valence-electron chi connectivity index (χ1n) is 10.5. The van der Waals surface area contributed by atoms with E-state index in [-0.39, 0.29) is 17.3 Å². The molecule has 0 aliphatic carbocycles. The molecule has 1 amide bonds. The molecule has 0 bridgehead atoms. The molecule has 6 nitrogen and oxygen atoms in total. The van der Waals surface area contributed by atoms with Crippen LogP contribution in [0.2, 0.25) is 0 Å². The number of amides is 1. The Kier molecular flexibility index (Phi) is 7.89. The first-order valence-corrected chi connectivity index (χ1v) is 11.9. The van der Waals surface area contributed by atoms with E-state index in [1.807, 2.05) is 43.3 Å². The molecule has 0 aliphatic heterocycles. The van der Waals surface area contributed by atoms with E-state index in [0.717, 1.165) is 23.3 Å². The Hall–Kier alpha value is -3.32. The lowest BCUT2D eigenvalue weighted by molar-refractivity contribution is -0.119. The van der Waals surface area contributed by atoms with Crippen LogP contribution in [0.4, 0.5) is 5.69 Å².